The van der Waals surface area contributed by atoms with Gasteiger partial charge in [-0.25, -0.2) is 0 Å². The van der Waals surface area contributed by atoms with Gasteiger partial charge in [-0.05, 0) is 30.3 Å². The molecule has 1 aliphatic rings. The van der Waals surface area contributed by atoms with Crippen molar-refractivity contribution in [2.24, 2.45) is 0 Å². The number of ether oxygens (including phenoxy) is 1. The van der Waals surface area contributed by atoms with Crippen molar-refractivity contribution in [1.29, 1.82) is 0 Å². The molecule has 2 aromatic heterocycles. The Kier molecular flexibility index (Phi) is 4.61. The van der Waals surface area contributed by atoms with E-state index in [1.165, 1.54) is 0 Å². The Labute approximate surface area is 151 Å². The number of hydrogen-bond acceptors (Lipinski definition) is 5. The van der Waals surface area contributed by atoms with Crippen LogP contribution >= 0.6 is 0 Å². The summed E-state index contributed by atoms with van der Waals surface area (Å²) in [5, 5.41) is 9.79. The molecule has 0 bridgehead atoms. The van der Waals surface area contributed by atoms with E-state index in [1.54, 1.807) is 12.4 Å². The molecule has 1 aromatic carbocycles. The molecule has 0 radical (unpaired) electrons. The van der Waals surface area contributed by atoms with Crippen molar-refractivity contribution >= 4 is 17.3 Å². The molecule has 0 saturated carbocycles. The highest BCUT2D eigenvalue weighted by molar-refractivity contribution is 6.03. The molecule has 7 nitrogen and oxygen atoms in total. The maximum Gasteiger partial charge on any atom is 0.274 e. The minimum absolute atomic E-state index is 0.234. The van der Waals surface area contributed by atoms with Crippen LogP contribution in [0, 0.1) is 0 Å². The van der Waals surface area contributed by atoms with Crippen LogP contribution in [0.4, 0.5) is 11.4 Å². The fraction of sp³-hybridized carbons (Fsp3) is 0.211. The number of anilines is 2. The number of rotatable bonds is 4. The number of aromatic amines is 1. The van der Waals surface area contributed by atoms with E-state index in [4.69, 9.17) is 4.74 Å². The highest BCUT2D eigenvalue weighted by Gasteiger charge is 2.14. The first kappa shape index (κ1) is 16.3. The van der Waals surface area contributed by atoms with Gasteiger partial charge in [0, 0.05) is 42.4 Å². The van der Waals surface area contributed by atoms with Crippen LogP contribution in [0.1, 0.15) is 10.5 Å². The predicted molar refractivity (Wildman–Crippen MR) is 99.2 cm³/mol. The molecule has 132 valence electrons. The number of hydrogen-bond donors (Lipinski definition) is 2. The fourth-order valence-electron chi connectivity index (χ4n) is 2.94. The van der Waals surface area contributed by atoms with Crippen molar-refractivity contribution in [1.82, 2.24) is 15.2 Å². The zero-order valence-corrected chi connectivity index (χ0v) is 14.2. The average molecular weight is 349 g/mol. The van der Waals surface area contributed by atoms with Crippen LogP contribution in [0.5, 0.6) is 0 Å². The molecule has 1 amide bonds. The molecule has 0 atom stereocenters. The van der Waals surface area contributed by atoms with Gasteiger partial charge in [0.1, 0.15) is 5.69 Å². The summed E-state index contributed by atoms with van der Waals surface area (Å²) in [7, 11) is 0. The molecule has 3 heterocycles. The van der Waals surface area contributed by atoms with Gasteiger partial charge in [-0.3, -0.25) is 14.9 Å². The highest BCUT2D eigenvalue weighted by atomic mass is 16.5. The number of nitrogens with one attached hydrogen (secondary N) is 2. The maximum atomic E-state index is 12.6. The van der Waals surface area contributed by atoms with Crippen LogP contribution in [0.2, 0.25) is 0 Å². The van der Waals surface area contributed by atoms with Crippen LogP contribution in [0.25, 0.3) is 11.3 Å². The summed E-state index contributed by atoms with van der Waals surface area (Å²) in [6.45, 7) is 3.03. The van der Waals surface area contributed by atoms with E-state index in [9.17, 15) is 4.79 Å². The van der Waals surface area contributed by atoms with Crippen molar-refractivity contribution in [3.05, 3.63) is 60.6 Å². The lowest BCUT2D eigenvalue weighted by Gasteiger charge is -2.28. The largest absolute Gasteiger partial charge is 0.378 e. The van der Waals surface area contributed by atoms with Gasteiger partial charge in [-0.2, -0.15) is 5.10 Å². The Morgan fingerprint density at radius 1 is 1.12 bits per heavy atom. The second-order valence-corrected chi connectivity index (χ2v) is 6.00. The molecule has 2 N–H and O–H groups in total. The Morgan fingerprint density at radius 3 is 2.81 bits per heavy atom. The Hall–Kier alpha value is -3.19. The zero-order valence-electron chi connectivity index (χ0n) is 14.2. The quantitative estimate of drug-likeness (QED) is 0.756. The summed E-state index contributed by atoms with van der Waals surface area (Å²) in [6, 6.07) is 13.2. The Bertz CT molecular complexity index is 888. The van der Waals surface area contributed by atoms with E-state index in [0.717, 1.165) is 30.0 Å². The normalized spacial score (nSPS) is 14.2. The van der Waals surface area contributed by atoms with Gasteiger partial charge in [0.15, 0.2) is 0 Å². The molecular formula is C19H19N5O2. The molecule has 0 spiro atoms. The summed E-state index contributed by atoms with van der Waals surface area (Å²) < 4.78 is 5.38. The molecule has 0 unspecified atom stereocenters. The molecule has 1 fully saturated rings. The van der Waals surface area contributed by atoms with E-state index >= 15 is 0 Å². The molecule has 1 saturated heterocycles. The first-order chi connectivity index (χ1) is 12.8. The number of aromatic nitrogens is 3. The van der Waals surface area contributed by atoms with Crippen molar-refractivity contribution in [3.8, 4) is 11.3 Å². The first-order valence-electron chi connectivity index (χ1n) is 8.49. The van der Waals surface area contributed by atoms with Crippen molar-refractivity contribution in [3.63, 3.8) is 0 Å². The number of pyridine rings is 1. The van der Waals surface area contributed by atoms with E-state index in [-0.39, 0.29) is 5.91 Å². The summed E-state index contributed by atoms with van der Waals surface area (Å²) in [5.74, 6) is -0.234. The number of morpholine rings is 1. The molecule has 3 aromatic rings. The lowest BCUT2D eigenvalue weighted by atomic mass is 10.1. The second-order valence-electron chi connectivity index (χ2n) is 6.00. The Balaban J connectivity index is 1.51. The van der Waals surface area contributed by atoms with Crippen LogP contribution in [0.3, 0.4) is 0 Å². The fourth-order valence-corrected chi connectivity index (χ4v) is 2.94. The van der Waals surface area contributed by atoms with Gasteiger partial charge in [0.25, 0.3) is 5.91 Å². The van der Waals surface area contributed by atoms with E-state index in [2.05, 4.69) is 25.4 Å². The summed E-state index contributed by atoms with van der Waals surface area (Å²) in [5.41, 5.74) is 3.94. The van der Waals surface area contributed by atoms with Gasteiger partial charge in [-0.15, -0.1) is 0 Å². The zero-order chi connectivity index (χ0) is 17.8. The predicted octanol–water partition coefficient (Wildman–Crippen LogP) is 2.56. The van der Waals surface area contributed by atoms with Crippen molar-refractivity contribution in [2.75, 3.05) is 36.5 Å². The SMILES string of the molecule is O=C(Nc1cccc(-c2ccn[nH]2)c1)c1cc(N2CCOCC2)ccn1. The van der Waals surface area contributed by atoms with Crippen LogP contribution in [-0.2, 0) is 4.74 Å². The summed E-state index contributed by atoms with van der Waals surface area (Å²) in [4.78, 5) is 19.0. The Morgan fingerprint density at radius 2 is 2.00 bits per heavy atom. The standard InChI is InChI=1S/C19H19N5O2/c25-19(18-13-16(4-6-20-18)24-8-10-26-11-9-24)22-15-3-1-2-14(12-15)17-5-7-21-23-17/h1-7,12-13H,8-11H2,(H,21,23)(H,22,25). The number of nitrogens with zero attached hydrogens (tertiary/aromatic N) is 3. The molecular weight excluding hydrogens is 330 g/mol. The van der Waals surface area contributed by atoms with Crippen molar-refractivity contribution < 1.29 is 9.53 Å². The minimum atomic E-state index is -0.234. The third kappa shape index (κ3) is 3.57. The smallest absolute Gasteiger partial charge is 0.274 e. The minimum Gasteiger partial charge on any atom is -0.378 e. The van der Waals surface area contributed by atoms with Crippen LogP contribution in [0.15, 0.2) is 54.9 Å². The van der Waals surface area contributed by atoms with Gasteiger partial charge in [0.05, 0.1) is 18.9 Å². The average Bonchev–Trinajstić information content (AvgIpc) is 3.24. The van der Waals surface area contributed by atoms with Gasteiger partial charge < -0.3 is 15.0 Å². The third-order valence-electron chi connectivity index (χ3n) is 4.28. The molecule has 4 rings (SSSR count). The number of H-pyrrole nitrogens is 1. The van der Waals surface area contributed by atoms with Gasteiger partial charge in [-0.1, -0.05) is 12.1 Å². The number of carbonyl (C=O) groups is 1. The first-order valence-corrected chi connectivity index (χ1v) is 8.49. The summed E-state index contributed by atoms with van der Waals surface area (Å²) >= 11 is 0. The lowest BCUT2D eigenvalue weighted by molar-refractivity contribution is 0.102. The highest BCUT2D eigenvalue weighted by Crippen LogP contribution is 2.21. The number of amides is 1. The second kappa shape index (κ2) is 7.37. The number of benzene rings is 1. The molecule has 0 aliphatic carbocycles. The van der Waals surface area contributed by atoms with Gasteiger partial charge in [0.2, 0.25) is 0 Å². The lowest BCUT2D eigenvalue weighted by Crippen LogP contribution is -2.36. The topological polar surface area (TPSA) is 83.1 Å². The van der Waals surface area contributed by atoms with Crippen LogP contribution in [-0.4, -0.2) is 47.4 Å². The van der Waals surface area contributed by atoms with E-state index in [0.29, 0.717) is 24.6 Å². The van der Waals surface area contributed by atoms with Gasteiger partial charge >= 0.3 is 0 Å². The molecule has 1 aliphatic heterocycles. The van der Waals surface area contributed by atoms with E-state index < -0.39 is 0 Å². The molecule has 26 heavy (non-hydrogen) atoms. The van der Waals surface area contributed by atoms with E-state index in [1.807, 2.05) is 42.5 Å². The molecule has 7 heteroatoms. The maximum absolute atomic E-state index is 12.6. The van der Waals surface area contributed by atoms with Crippen LogP contribution < -0.4 is 10.2 Å². The number of carbonyl (C=O) groups excluding carboxylic acids is 1. The van der Waals surface area contributed by atoms with Crippen molar-refractivity contribution in [2.45, 2.75) is 0 Å². The third-order valence-corrected chi connectivity index (χ3v) is 4.28. The summed E-state index contributed by atoms with van der Waals surface area (Å²) in [6.07, 6.45) is 3.36. The monoisotopic (exact) mass is 349 g/mol.